The van der Waals surface area contributed by atoms with E-state index >= 15 is 0 Å². The molecule has 0 aliphatic carbocycles. The second-order valence-electron chi connectivity index (χ2n) is 5.94. The van der Waals surface area contributed by atoms with Crippen LogP contribution in [0.25, 0.3) is 0 Å². The number of sulfonamides is 1. The van der Waals surface area contributed by atoms with Gasteiger partial charge in [0, 0.05) is 38.3 Å². The van der Waals surface area contributed by atoms with Crippen LogP contribution in [0.1, 0.15) is 12.5 Å². The minimum absolute atomic E-state index is 0.0228. The quantitative estimate of drug-likeness (QED) is 0.815. The van der Waals surface area contributed by atoms with Crippen molar-refractivity contribution in [2.45, 2.75) is 17.9 Å². The molecule has 0 saturated carbocycles. The number of rotatable bonds is 2. The molecule has 124 valence electrons. The number of nitrogens with one attached hydrogen (secondary N) is 1. The van der Waals surface area contributed by atoms with E-state index in [1.54, 1.807) is 35.0 Å². The van der Waals surface area contributed by atoms with Crippen LogP contribution in [0.5, 0.6) is 0 Å². The maximum absolute atomic E-state index is 12.4. The molecule has 1 aromatic carbocycles. The molecule has 1 N–H and O–H groups in total. The smallest absolute Gasteiger partial charge is 0.285 e. The number of carbonyl (C=O) groups is 1. The summed E-state index contributed by atoms with van der Waals surface area (Å²) >= 11 is 0. The Kier molecular flexibility index (Phi) is 4.11. The number of benzene rings is 1. The molecule has 1 fully saturated rings. The van der Waals surface area contributed by atoms with E-state index in [0.717, 1.165) is 6.54 Å². The summed E-state index contributed by atoms with van der Waals surface area (Å²) in [5.74, 6) is 0.308. The largest absolute Gasteiger partial charge is 0.349 e. The third-order valence-electron chi connectivity index (χ3n) is 4.07. The van der Waals surface area contributed by atoms with Crippen LogP contribution in [0.3, 0.4) is 0 Å². The first-order valence-corrected chi connectivity index (χ1v) is 8.99. The van der Waals surface area contributed by atoms with E-state index in [-0.39, 0.29) is 23.4 Å². The highest BCUT2D eigenvalue weighted by Crippen LogP contribution is 2.26. The fraction of sp³-hybridized carbons (Fsp3) is 0.467. The molecule has 23 heavy (non-hydrogen) atoms. The summed E-state index contributed by atoms with van der Waals surface area (Å²) < 4.78 is 28.0. The normalized spacial score (nSPS) is 22.4. The number of amidine groups is 1. The van der Waals surface area contributed by atoms with E-state index in [0.29, 0.717) is 24.5 Å². The average Bonchev–Trinajstić information content (AvgIpc) is 2.79. The van der Waals surface area contributed by atoms with Crippen molar-refractivity contribution in [2.24, 2.45) is 4.40 Å². The summed E-state index contributed by atoms with van der Waals surface area (Å²) in [7, 11) is -1.96. The number of hydrogen-bond donors (Lipinski definition) is 1. The Balaban J connectivity index is 1.77. The van der Waals surface area contributed by atoms with Gasteiger partial charge in [0.2, 0.25) is 5.91 Å². The van der Waals surface area contributed by atoms with E-state index in [9.17, 15) is 13.2 Å². The van der Waals surface area contributed by atoms with E-state index in [4.69, 9.17) is 0 Å². The summed E-state index contributed by atoms with van der Waals surface area (Å²) in [6, 6.07) is 6.95. The van der Waals surface area contributed by atoms with Gasteiger partial charge in [0.25, 0.3) is 10.0 Å². The maximum atomic E-state index is 12.4. The molecule has 3 rings (SSSR count). The van der Waals surface area contributed by atoms with Gasteiger partial charge in [-0.15, -0.1) is 4.40 Å². The lowest BCUT2D eigenvalue weighted by Gasteiger charge is -2.33. The van der Waals surface area contributed by atoms with Gasteiger partial charge in [0.05, 0.1) is 6.54 Å². The molecule has 2 aliphatic rings. The molecule has 1 amide bonds. The number of hydrogen-bond acceptors (Lipinski definition) is 5. The van der Waals surface area contributed by atoms with Gasteiger partial charge in [-0.3, -0.25) is 4.79 Å². The second kappa shape index (κ2) is 5.93. The molecule has 2 heterocycles. The first-order chi connectivity index (χ1) is 10.9. The Morgan fingerprint density at radius 1 is 1.43 bits per heavy atom. The molecule has 0 radical (unpaired) electrons. The van der Waals surface area contributed by atoms with Gasteiger partial charge < -0.3 is 15.1 Å². The molecular weight excluding hydrogens is 316 g/mol. The Morgan fingerprint density at radius 3 is 2.91 bits per heavy atom. The lowest BCUT2D eigenvalue weighted by molar-refractivity contribution is -0.132. The van der Waals surface area contributed by atoms with Crippen molar-refractivity contribution in [3.8, 4) is 0 Å². The number of nitrogens with zero attached hydrogens (tertiary/aromatic N) is 3. The lowest BCUT2D eigenvalue weighted by Crippen LogP contribution is -2.53. The van der Waals surface area contributed by atoms with Crippen LogP contribution in [-0.2, 0) is 14.8 Å². The summed E-state index contributed by atoms with van der Waals surface area (Å²) in [5.41, 5.74) is 0.552. The first kappa shape index (κ1) is 15.9. The molecular formula is C15H20N4O3S. The van der Waals surface area contributed by atoms with Crippen LogP contribution >= 0.6 is 0 Å². The Morgan fingerprint density at radius 2 is 2.17 bits per heavy atom. The van der Waals surface area contributed by atoms with Crippen molar-refractivity contribution in [1.82, 2.24) is 15.1 Å². The molecule has 8 heteroatoms. The van der Waals surface area contributed by atoms with Crippen molar-refractivity contribution in [2.75, 3.05) is 33.2 Å². The lowest BCUT2D eigenvalue weighted by atomic mass is 10.2. The van der Waals surface area contributed by atoms with Crippen molar-refractivity contribution in [3.05, 3.63) is 29.8 Å². The maximum Gasteiger partial charge on any atom is 0.285 e. The van der Waals surface area contributed by atoms with Gasteiger partial charge in [-0.2, -0.15) is 8.42 Å². The molecule has 2 aliphatic heterocycles. The SMILES string of the molecule is CC1CN(C(=O)CN(C)C2=NS(=O)(=O)c3ccccc32)CCN1. The van der Waals surface area contributed by atoms with Gasteiger partial charge in [0.1, 0.15) is 4.90 Å². The minimum Gasteiger partial charge on any atom is -0.349 e. The van der Waals surface area contributed by atoms with Crippen LogP contribution in [0.4, 0.5) is 0 Å². The third kappa shape index (κ3) is 3.09. The van der Waals surface area contributed by atoms with Gasteiger partial charge in [-0.25, -0.2) is 0 Å². The molecule has 1 unspecified atom stereocenters. The fourth-order valence-corrected chi connectivity index (χ4v) is 4.15. The van der Waals surface area contributed by atoms with E-state index < -0.39 is 10.0 Å². The second-order valence-corrected chi connectivity index (χ2v) is 7.51. The van der Waals surface area contributed by atoms with Crippen molar-refractivity contribution < 1.29 is 13.2 Å². The van der Waals surface area contributed by atoms with Crippen LogP contribution in [0.15, 0.2) is 33.6 Å². The van der Waals surface area contributed by atoms with Crippen LogP contribution in [0, 0.1) is 0 Å². The molecule has 7 nitrogen and oxygen atoms in total. The number of piperazine rings is 1. The predicted molar refractivity (Wildman–Crippen MR) is 86.8 cm³/mol. The van der Waals surface area contributed by atoms with Crippen LogP contribution in [0.2, 0.25) is 0 Å². The van der Waals surface area contributed by atoms with Gasteiger partial charge in [-0.05, 0) is 19.1 Å². The zero-order valence-electron chi connectivity index (χ0n) is 13.2. The molecule has 0 spiro atoms. The van der Waals surface area contributed by atoms with Crippen LogP contribution < -0.4 is 5.32 Å². The van der Waals surface area contributed by atoms with Crippen molar-refractivity contribution >= 4 is 21.8 Å². The van der Waals surface area contributed by atoms with Gasteiger partial charge >= 0.3 is 0 Å². The van der Waals surface area contributed by atoms with Gasteiger partial charge in [0.15, 0.2) is 5.84 Å². The Bertz CT molecular complexity index is 760. The van der Waals surface area contributed by atoms with Crippen LogP contribution in [-0.4, -0.2) is 69.2 Å². The fourth-order valence-electron chi connectivity index (χ4n) is 2.90. The highest BCUT2D eigenvalue weighted by atomic mass is 32.2. The first-order valence-electron chi connectivity index (χ1n) is 7.55. The van der Waals surface area contributed by atoms with Crippen molar-refractivity contribution in [1.29, 1.82) is 0 Å². The van der Waals surface area contributed by atoms with E-state index in [1.165, 1.54) is 6.07 Å². The summed E-state index contributed by atoms with van der Waals surface area (Å²) in [4.78, 5) is 16.0. The summed E-state index contributed by atoms with van der Waals surface area (Å²) in [6.45, 7) is 4.24. The number of likely N-dealkylation sites (N-methyl/N-ethyl adjacent to an activating group) is 1. The van der Waals surface area contributed by atoms with E-state index in [2.05, 4.69) is 9.71 Å². The number of carbonyl (C=O) groups excluding carboxylic acids is 1. The minimum atomic E-state index is -3.66. The molecule has 1 saturated heterocycles. The Labute approximate surface area is 136 Å². The van der Waals surface area contributed by atoms with Gasteiger partial charge in [-0.1, -0.05) is 12.1 Å². The third-order valence-corrected chi connectivity index (χ3v) is 5.39. The Hall–Kier alpha value is -1.93. The summed E-state index contributed by atoms with van der Waals surface area (Å²) in [6.07, 6.45) is 0. The van der Waals surface area contributed by atoms with Crippen molar-refractivity contribution in [3.63, 3.8) is 0 Å². The molecule has 1 atom stereocenters. The molecule has 0 bridgehead atoms. The molecule has 0 aromatic heterocycles. The standard InChI is InChI=1S/C15H20N4O3S/c1-11-9-19(8-7-16-11)14(20)10-18(2)15-12-5-3-4-6-13(12)23(21,22)17-15/h3-6,11,16H,7-10H2,1-2H3. The predicted octanol–water partition coefficient (Wildman–Crippen LogP) is -0.112. The zero-order chi connectivity index (χ0) is 16.6. The van der Waals surface area contributed by atoms with E-state index in [1.807, 2.05) is 6.92 Å². The topological polar surface area (TPSA) is 82.1 Å². The zero-order valence-corrected chi connectivity index (χ0v) is 14.0. The summed E-state index contributed by atoms with van der Waals surface area (Å²) in [5, 5.41) is 3.29. The highest BCUT2D eigenvalue weighted by Gasteiger charge is 2.31. The number of fused-ring (bicyclic) bond motifs is 1. The number of amides is 1. The monoisotopic (exact) mass is 336 g/mol. The molecule has 1 aromatic rings. The highest BCUT2D eigenvalue weighted by molar-refractivity contribution is 7.90. The average molecular weight is 336 g/mol.